The molecule has 4 heterocycles. The summed E-state index contributed by atoms with van der Waals surface area (Å²) in [6.07, 6.45) is 1.42. The summed E-state index contributed by atoms with van der Waals surface area (Å²) in [6, 6.07) is -1.06. The summed E-state index contributed by atoms with van der Waals surface area (Å²) in [7, 11) is 1.65. The van der Waals surface area contributed by atoms with Crippen LogP contribution in [0.1, 0.15) is 12.7 Å². The van der Waals surface area contributed by atoms with Crippen LogP contribution in [-0.2, 0) is 19.2 Å². The molecular formula is C19H23FN10O5S2. The summed E-state index contributed by atoms with van der Waals surface area (Å²) in [5.74, 6) is -2.14. The predicted octanol–water partition coefficient (Wildman–Crippen LogP) is -0.884. The van der Waals surface area contributed by atoms with Crippen LogP contribution in [0.2, 0.25) is 0 Å². The summed E-state index contributed by atoms with van der Waals surface area (Å²) in [5.41, 5.74) is 5.20. The number of fused-ring (bicyclic) bond motifs is 1. The molecule has 0 saturated carbocycles. The molecule has 1 aromatic heterocycles. The van der Waals surface area contributed by atoms with Gasteiger partial charge in [-0.3, -0.25) is 19.5 Å². The van der Waals surface area contributed by atoms with E-state index in [1.165, 1.54) is 18.0 Å². The van der Waals surface area contributed by atoms with E-state index >= 15 is 0 Å². The average Bonchev–Trinajstić information content (AvgIpc) is 3.50. The quantitative estimate of drug-likeness (QED) is 0.195. The molecule has 1 aromatic rings. The van der Waals surface area contributed by atoms with Crippen LogP contribution < -0.4 is 11.1 Å². The summed E-state index contributed by atoms with van der Waals surface area (Å²) in [6.45, 7) is 2.78. The molecule has 0 radical (unpaired) electrons. The third-order valence-corrected chi connectivity index (χ3v) is 7.44. The number of hydrogen-bond acceptors (Lipinski definition) is 12. The number of aromatic nitrogens is 2. The van der Waals surface area contributed by atoms with Crippen molar-refractivity contribution in [3.63, 3.8) is 0 Å². The zero-order valence-corrected chi connectivity index (χ0v) is 21.3. The van der Waals surface area contributed by atoms with Crippen molar-refractivity contribution in [1.29, 1.82) is 0 Å². The van der Waals surface area contributed by atoms with Crippen molar-refractivity contribution < 1.29 is 28.7 Å². The SMILES string of the molecule is CCN1CCN(N=CC2=C(C(=O)O)N3C(=O)C(NC(=O)/C(=N\OCF)c4nsc(N)n4)[C@@H]3SC2)C1=NC. The molecule has 1 unspecified atom stereocenters. The molecule has 3 aliphatic rings. The van der Waals surface area contributed by atoms with Crippen LogP contribution in [0.25, 0.3) is 0 Å². The number of carbonyl (C=O) groups excluding carboxylic acids is 2. The molecule has 4 N–H and O–H groups in total. The Morgan fingerprint density at radius 2 is 2.19 bits per heavy atom. The van der Waals surface area contributed by atoms with Gasteiger partial charge in [0.1, 0.15) is 17.1 Å². The van der Waals surface area contributed by atoms with E-state index in [2.05, 4.69) is 34.8 Å². The van der Waals surface area contributed by atoms with Gasteiger partial charge in [-0.2, -0.15) is 14.5 Å². The first-order valence-electron chi connectivity index (χ1n) is 10.9. The number of carboxylic acid groups (broad SMARTS) is 1. The van der Waals surface area contributed by atoms with E-state index in [1.54, 1.807) is 12.1 Å². The predicted molar refractivity (Wildman–Crippen MR) is 133 cm³/mol. The second kappa shape index (κ2) is 11.1. The number of carbonyl (C=O) groups is 3. The van der Waals surface area contributed by atoms with Crippen molar-refractivity contribution >= 4 is 64.1 Å². The number of nitrogen functional groups attached to an aromatic ring is 1. The van der Waals surface area contributed by atoms with Crippen LogP contribution in [0.3, 0.4) is 0 Å². The van der Waals surface area contributed by atoms with E-state index in [4.69, 9.17) is 5.73 Å². The fourth-order valence-electron chi connectivity index (χ4n) is 3.94. The van der Waals surface area contributed by atoms with Crippen LogP contribution in [-0.4, -0.2) is 116 Å². The minimum atomic E-state index is -1.30. The lowest BCUT2D eigenvalue weighted by Crippen LogP contribution is -2.71. The minimum absolute atomic E-state index is 0.0450. The number of halogens is 1. The molecule has 0 aromatic carbocycles. The number of guanidine groups is 1. The standard InChI is InChI=1S/C19H23FN10O5S2/c1-3-28-4-5-29(19(28)22-2)23-6-9-7-36-16-11(15(32)30(16)12(9)17(33)34)24-14(31)10(26-35-8-20)13-25-18(21)37-27-13/h6,11,16H,3-5,7-8H2,1-2H3,(H,24,31)(H,33,34)(H2,21,25,27)/b22-19?,23-6?,26-10-/t11?,16-/m0/s1. The van der Waals surface area contributed by atoms with E-state index in [0.717, 1.165) is 29.5 Å². The van der Waals surface area contributed by atoms with Crippen molar-refractivity contribution in [1.82, 2.24) is 29.5 Å². The smallest absolute Gasteiger partial charge is 0.353 e. The number of anilines is 1. The van der Waals surface area contributed by atoms with E-state index in [9.17, 15) is 23.9 Å². The Bertz CT molecular complexity index is 1220. The van der Waals surface area contributed by atoms with Crippen molar-refractivity contribution in [2.24, 2.45) is 15.2 Å². The molecular weight excluding hydrogens is 531 g/mol. The monoisotopic (exact) mass is 554 g/mol. The van der Waals surface area contributed by atoms with E-state index in [1.807, 2.05) is 11.8 Å². The van der Waals surface area contributed by atoms with Crippen LogP contribution in [0.15, 0.2) is 26.5 Å². The first-order valence-corrected chi connectivity index (χ1v) is 12.7. The highest BCUT2D eigenvalue weighted by molar-refractivity contribution is 8.00. The molecule has 2 amide bonds. The molecule has 0 bridgehead atoms. The Balaban J connectivity index is 1.51. The van der Waals surface area contributed by atoms with Gasteiger partial charge in [0, 0.05) is 43.0 Å². The second-order valence-corrected chi connectivity index (χ2v) is 9.53. The number of thioether (sulfide) groups is 1. The Kier molecular flexibility index (Phi) is 7.86. The number of likely N-dealkylation sites (N-methyl/N-ethyl adjacent to an activating group) is 1. The third-order valence-electron chi connectivity index (χ3n) is 5.59. The Hall–Kier alpha value is -3.80. The number of alkyl halides is 1. The highest BCUT2D eigenvalue weighted by Gasteiger charge is 2.54. The number of hydrogen-bond donors (Lipinski definition) is 3. The summed E-state index contributed by atoms with van der Waals surface area (Å²) >= 11 is 2.05. The number of β-lactam (4-membered cyclic amide) rings is 1. The van der Waals surface area contributed by atoms with E-state index in [-0.39, 0.29) is 22.4 Å². The van der Waals surface area contributed by atoms with Crippen molar-refractivity contribution in [2.75, 3.05) is 45.0 Å². The number of aliphatic carboxylic acids is 1. The number of hydrazone groups is 1. The number of amides is 2. The van der Waals surface area contributed by atoms with Gasteiger partial charge >= 0.3 is 5.97 Å². The molecule has 2 atom stereocenters. The van der Waals surface area contributed by atoms with E-state index in [0.29, 0.717) is 18.1 Å². The summed E-state index contributed by atoms with van der Waals surface area (Å²) < 4.78 is 16.3. The van der Waals surface area contributed by atoms with Gasteiger partial charge in [-0.05, 0) is 6.92 Å². The molecule has 37 heavy (non-hydrogen) atoms. The Morgan fingerprint density at radius 1 is 1.41 bits per heavy atom. The summed E-state index contributed by atoms with van der Waals surface area (Å²) in [4.78, 5) is 53.4. The zero-order chi connectivity index (χ0) is 26.7. The van der Waals surface area contributed by atoms with Crippen LogP contribution in [0.5, 0.6) is 0 Å². The highest BCUT2D eigenvalue weighted by Crippen LogP contribution is 2.40. The fourth-order valence-corrected chi connectivity index (χ4v) is 5.67. The normalized spacial score (nSPS) is 23.1. The van der Waals surface area contributed by atoms with Crippen LogP contribution >= 0.6 is 23.3 Å². The second-order valence-electron chi connectivity index (χ2n) is 7.65. The van der Waals surface area contributed by atoms with Gasteiger partial charge in [0.05, 0.1) is 12.8 Å². The number of rotatable bonds is 9. The lowest BCUT2D eigenvalue weighted by Gasteiger charge is -2.49. The zero-order valence-electron chi connectivity index (χ0n) is 19.7. The molecule has 198 valence electrons. The van der Waals surface area contributed by atoms with Gasteiger partial charge in [0.25, 0.3) is 18.7 Å². The van der Waals surface area contributed by atoms with E-state index < -0.39 is 41.8 Å². The lowest BCUT2D eigenvalue weighted by atomic mass is 10.0. The Morgan fingerprint density at radius 3 is 2.81 bits per heavy atom. The third kappa shape index (κ3) is 5.06. The molecule has 0 spiro atoms. The van der Waals surface area contributed by atoms with Gasteiger partial charge < -0.3 is 25.9 Å². The van der Waals surface area contributed by atoms with Crippen LogP contribution in [0, 0.1) is 0 Å². The molecule has 4 rings (SSSR count). The first-order chi connectivity index (χ1) is 17.8. The van der Waals surface area contributed by atoms with Gasteiger partial charge in [0.15, 0.2) is 5.13 Å². The van der Waals surface area contributed by atoms with Crippen molar-refractivity contribution in [3.8, 4) is 0 Å². The average molecular weight is 555 g/mol. The minimum Gasteiger partial charge on any atom is -0.477 e. The number of nitrogens with zero attached hydrogens (tertiary/aromatic N) is 8. The van der Waals surface area contributed by atoms with Crippen molar-refractivity contribution in [2.45, 2.75) is 18.3 Å². The largest absolute Gasteiger partial charge is 0.477 e. The molecule has 3 aliphatic heterocycles. The van der Waals surface area contributed by atoms with Gasteiger partial charge in [-0.1, -0.05) is 5.16 Å². The maximum absolute atomic E-state index is 12.9. The van der Waals surface area contributed by atoms with Gasteiger partial charge in [0.2, 0.25) is 17.5 Å². The maximum atomic E-state index is 12.9. The number of nitrogens with two attached hydrogens (primary N) is 1. The fraction of sp³-hybridized carbons (Fsp3) is 0.474. The highest BCUT2D eigenvalue weighted by atomic mass is 32.2. The Labute approximate surface area is 218 Å². The number of carboxylic acids is 1. The maximum Gasteiger partial charge on any atom is 0.353 e. The summed E-state index contributed by atoms with van der Waals surface area (Å²) in [5, 5.41) is 21.2. The molecule has 15 nitrogen and oxygen atoms in total. The molecule has 2 fully saturated rings. The van der Waals surface area contributed by atoms with Gasteiger partial charge in [-0.15, -0.1) is 11.8 Å². The first kappa shape index (κ1) is 26.3. The lowest BCUT2D eigenvalue weighted by molar-refractivity contribution is -0.150. The topological polar surface area (TPSA) is 191 Å². The van der Waals surface area contributed by atoms with Crippen molar-refractivity contribution in [3.05, 3.63) is 17.1 Å². The molecule has 2 saturated heterocycles. The number of aliphatic imine (C=N–C) groups is 1. The number of nitrogens with one attached hydrogen (secondary N) is 1. The van der Waals surface area contributed by atoms with Crippen LogP contribution in [0.4, 0.5) is 9.52 Å². The molecule has 0 aliphatic carbocycles. The number of oxime groups is 1. The molecule has 18 heteroatoms. The van der Waals surface area contributed by atoms with Gasteiger partial charge in [-0.25, -0.2) is 14.2 Å².